The number of nitrogens with one attached hydrogen (secondary N) is 1. The Morgan fingerprint density at radius 2 is 2.03 bits per heavy atom. The van der Waals surface area contributed by atoms with E-state index < -0.39 is 0 Å². The van der Waals surface area contributed by atoms with Crippen LogP contribution in [0.3, 0.4) is 0 Å². The van der Waals surface area contributed by atoms with Crippen LogP contribution in [-0.4, -0.2) is 64.3 Å². The van der Waals surface area contributed by atoms with E-state index in [9.17, 15) is 4.79 Å². The number of likely N-dealkylation sites (N-methyl/N-ethyl adjacent to an activating group) is 1. The predicted molar refractivity (Wildman–Crippen MR) is 110 cm³/mol. The molecule has 1 fully saturated rings. The van der Waals surface area contributed by atoms with E-state index in [1.807, 2.05) is 28.9 Å². The molecule has 1 saturated heterocycles. The summed E-state index contributed by atoms with van der Waals surface area (Å²) in [6, 6.07) is 7.53. The number of nitrogens with zero attached hydrogens (tertiary/aromatic N) is 5. The molecule has 8 heteroatoms. The van der Waals surface area contributed by atoms with E-state index in [-0.39, 0.29) is 5.91 Å². The zero-order chi connectivity index (χ0) is 20.2. The molecule has 4 rings (SSSR count). The van der Waals surface area contributed by atoms with Crippen molar-refractivity contribution in [1.82, 2.24) is 30.0 Å². The molecule has 0 spiro atoms. The first-order valence-corrected chi connectivity index (χ1v) is 9.89. The third-order valence-electron chi connectivity index (χ3n) is 5.34. The number of fused-ring (bicyclic) bond motifs is 1. The van der Waals surface area contributed by atoms with Gasteiger partial charge in [-0.2, -0.15) is 5.10 Å². The molecule has 2 aromatic heterocycles. The van der Waals surface area contributed by atoms with Gasteiger partial charge in [0.05, 0.1) is 25.8 Å². The first-order valence-electron chi connectivity index (χ1n) is 9.89. The van der Waals surface area contributed by atoms with Gasteiger partial charge in [-0.25, -0.2) is 14.6 Å². The van der Waals surface area contributed by atoms with Crippen LogP contribution in [0, 0.1) is 0 Å². The molecule has 8 nitrogen and oxygen atoms in total. The molecule has 1 amide bonds. The second-order valence-corrected chi connectivity index (χ2v) is 7.46. The summed E-state index contributed by atoms with van der Waals surface area (Å²) in [6.07, 6.45) is 4.82. The first-order chi connectivity index (χ1) is 14.1. The lowest BCUT2D eigenvalue weighted by atomic mass is 10.0. The summed E-state index contributed by atoms with van der Waals surface area (Å²) in [5.41, 5.74) is 3.62. The van der Waals surface area contributed by atoms with Gasteiger partial charge in [-0.15, -0.1) is 0 Å². The highest BCUT2D eigenvalue weighted by Gasteiger charge is 2.27. The van der Waals surface area contributed by atoms with Crippen LogP contribution >= 0.6 is 0 Å². The summed E-state index contributed by atoms with van der Waals surface area (Å²) in [6.45, 7) is 3.11. The number of hydrogen-bond acceptors (Lipinski definition) is 6. The van der Waals surface area contributed by atoms with E-state index in [2.05, 4.69) is 27.2 Å². The van der Waals surface area contributed by atoms with Crippen molar-refractivity contribution in [3.8, 4) is 5.75 Å². The second-order valence-electron chi connectivity index (χ2n) is 7.46. The topological polar surface area (TPSA) is 85.2 Å². The van der Waals surface area contributed by atoms with Gasteiger partial charge in [0.25, 0.3) is 0 Å². The van der Waals surface area contributed by atoms with Crippen molar-refractivity contribution in [2.75, 3.05) is 33.8 Å². The van der Waals surface area contributed by atoms with E-state index in [1.165, 1.54) is 0 Å². The van der Waals surface area contributed by atoms with Gasteiger partial charge in [-0.05, 0) is 37.7 Å². The fourth-order valence-corrected chi connectivity index (χ4v) is 3.81. The Morgan fingerprint density at radius 3 is 2.76 bits per heavy atom. The molecule has 1 aliphatic rings. The van der Waals surface area contributed by atoms with Crippen LogP contribution in [0.15, 0.2) is 36.7 Å². The molecule has 3 aromatic rings. The van der Waals surface area contributed by atoms with E-state index in [0.717, 1.165) is 47.7 Å². The molecular formula is C21H26N6O2. The summed E-state index contributed by atoms with van der Waals surface area (Å²) in [5, 5.41) is 7.78. The van der Waals surface area contributed by atoms with Crippen molar-refractivity contribution in [3.05, 3.63) is 47.9 Å². The van der Waals surface area contributed by atoms with E-state index in [0.29, 0.717) is 25.4 Å². The third-order valence-corrected chi connectivity index (χ3v) is 5.34. The maximum Gasteiger partial charge on any atom is 0.224 e. The number of amides is 1. The quantitative estimate of drug-likeness (QED) is 0.655. The van der Waals surface area contributed by atoms with Gasteiger partial charge in [0.1, 0.15) is 11.3 Å². The van der Waals surface area contributed by atoms with Crippen molar-refractivity contribution in [3.63, 3.8) is 0 Å². The lowest BCUT2D eigenvalue weighted by molar-refractivity contribution is -0.120. The number of methoxy groups -OCH3 is 1. The zero-order valence-corrected chi connectivity index (χ0v) is 16.8. The third kappa shape index (κ3) is 4.37. The van der Waals surface area contributed by atoms with Gasteiger partial charge < -0.3 is 15.0 Å². The van der Waals surface area contributed by atoms with E-state index in [4.69, 9.17) is 9.84 Å². The molecule has 29 heavy (non-hydrogen) atoms. The number of benzene rings is 1. The standard InChI is InChI=1S/C21H26N6O2/c1-26-11-7-16(14-26)19-20-21(24-9-8-23-20)27(25-19)12-10-22-18(28)13-15-3-5-17(29-2)6-4-15/h3-6,8-9,16H,7,10-14H2,1-2H3,(H,22,28)/t16-/m1/s1. The highest BCUT2D eigenvalue weighted by atomic mass is 16.5. The average molecular weight is 394 g/mol. The van der Waals surface area contributed by atoms with Crippen molar-refractivity contribution in [1.29, 1.82) is 0 Å². The SMILES string of the molecule is COc1ccc(CC(=O)NCCn2nc([C@@H]3CCN(C)C3)c3nccnc32)cc1. The van der Waals surface area contributed by atoms with Crippen molar-refractivity contribution in [2.45, 2.75) is 25.3 Å². The molecule has 0 bridgehead atoms. The second kappa shape index (κ2) is 8.57. The number of aromatic nitrogens is 4. The minimum Gasteiger partial charge on any atom is -0.497 e. The van der Waals surface area contributed by atoms with Crippen LogP contribution in [0.2, 0.25) is 0 Å². The Hall–Kier alpha value is -3.00. The van der Waals surface area contributed by atoms with Gasteiger partial charge in [0.15, 0.2) is 5.65 Å². The van der Waals surface area contributed by atoms with Crippen molar-refractivity contribution in [2.24, 2.45) is 0 Å². The molecule has 0 saturated carbocycles. The Morgan fingerprint density at radius 1 is 1.24 bits per heavy atom. The summed E-state index contributed by atoms with van der Waals surface area (Å²) >= 11 is 0. The average Bonchev–Trinajstić information content (AvgIpc) is 3.32. The highest BCUT2D eigenvalue weighted by Crippen LogP contribution is 2.29. The smallest absolute Gasteiger partial charge is 0.224 e. The van der Waals surface area contributed by atoms with Crippen LogP contribution < -0.4 is 10.1 Å². The molecule has 0 unspecified atom stereocenters. The summed E-state index contributed by atoms with van der Waals surface area (Å²) in [7, 11) is 3.75. The largest absolute Gasteiger partial charge is 0.497 e. The minimum atomic E-state index is -0.0182. The molecule has 1 aromatic carbocycles. The molecule has 0 radical (unpaired) electrons. The first kappa shape index (κ1) is 19.3. The monoisotopic (exact) mass is 394 g/mol. The normalized spacial score (nSPS) is 17.0. The van der Waals surface area contributed by atoms with Crippen molar-refractivity contribution < 1.29 is 9.53 Å². The minimum absolute atomic E-state index is 0.0182. The predicted octanol–water partition coefficient (Wildman–Crippen LogP) is 1.61. The molecular weight excluding hydrogens is 368 g/mol. The van der Waals surface area contributed by atoms with Crippen LogP contribution in [0.5, 0.6) is 5.75 Å². The summed E-state index contributed by atoms with van der Waals surface area (Å²) in [4.78, 5) is 23.6. The summed E-state index contributed by atoms with van der Waals surface area (Å²) < 4.78 is 7.01. The van der Waals surface area contributed by atoms with Gasteiger partial charge >= 0.3 is 0 Å². The Labute approximate surface area is 169 Å². The van der Waals surface area contributed by atoms with Gasteiger partial charge in [0, 0.05) is 31.4 Å². The van der Waals surface area contributed by atoms with Gasteiger partial charge in [-0.3, -0.25) is 4.79 Å². The molecule has 1 atom stereocenters. The fraction of sp³-hybridized carbons (Fsp3) is 0.429. The number of hydrogen-bond donors (Lipinski definition) is 1. The van der Waals surface area contributed by atoms with Gasteiger partial charge in [-0.1, -0.05) is 12.1 Å². The molecule has 0 aliphatic carbocycles. The molecule has 3 heterocycles. The van der Waals surface area contributed by atoms with Crippen molar-refractivity contribution >= 4 is 17.1 Å². The molecule has 1 aliphatic heterocycles. The number of carbonyl (C=O) groups is 1. The Balaban J connectivity index is 1.38. The number of rotatable bonds is 7. The lowest BCUT2D eigenvalue weighted by Gasteiger charge is -2.08. The van der Waals surface area contributed by atoms with Crippen LogP contribution in [0.1, 0.15) is 23.6 Å². The van der Waals surface area contributed by atoms with Crippen LogP contribution in [0.25, 0.3) is 11.2 Å². The zero-order valence-electron chi connectivity index (χ0n) is 16.8. The fourth-order valence-electron chi connectivity index (χ4n) is 3.81. The summed E-state index contributed by atoms with van der Waals surface area (Å²) in [5.74, 6) is 1.14. The molecule has 1 N–H and O–H groups in total. The Bertz CT molecular complexity index is 985. The highest BCUT2D eigenvalue weighted by molar-refractivity contribution is 5.78. The number of ether oxygens (including phenoxy) is 1. The van der Waals surface area contributed by atoms with E-state index in [1.54, 1.807) is 19.5 Å². The lowest BCUT2D eigenvalue weighted by Crippen LogP contribution is -2.29. The van der Waals surface area contributed by atoms with Gasteiger partial charge in [0.2, 0.25) is 5.91 Å². The van der Waals surface area contributed by atoms with Crippen LogP contribution in [-0.2, 0) is 17.8 Å². The number of carbonyl (C=O) groups excluding carboxylic acids is 1. The maximum absolute atomic E-state index is 12.3. The Kier molecular flexibility index (Phi) is 5.71. The van der Waals surface area contributed by atoms with Crippen LogP contribution in [0.4, 0.5) is 0 Å². The van der Waals surface area contributed by atoms with E-state index >= 15 is 0 Å². The maximum atomic E-state index is 12.3. The molecule has 152 valence electrons. The number of likely N-dealkylation sites (tertiary alicyclic amines) is 1.